The van der Waals surface area contributed by atoms with Gasteiger partial charge in [-0.1, -0.05) is 13.8 Å². The molecule has 2 unspecified atom stereocenters. The average Bonchev–Trinajstić information content (AvgIpc) is 2.32. The van der Waals surface area contributed by atoms with Crippen molar-refractivity contribution in [2.75, 3.05) is 13.6 Å². The summed E-state index contributed by atoms with van der Waals surface area (Å²) in [5.41, 5.74) is 1.16. The van der Waals surface area contributed by atoms with E-state index in [-0.39, 0.29) is 5.82 Å². The van der Waals surface area contributed by atoms with Crippen LogP contribution in [0.2, 0.25) is 0 Å². The Morgan fingerprint density at radius 2 is 2.28 bits per heavy atom. The van der Waals surface area contributed by atoms with Gasteiger partial charge in [0.05, 0.1) is 6.20 Å². The van der Waals surface area contributed by atoms with Crippen LogP contribution in [0, 0.1) is 17.2 Å². The number of halogens is 1. The fraction of sp³-hybridized carbons (Fsp3) is 0.667. The Kier molecular flexibility index (Phi) is 4.00. The molecule has 1 saturated carbocycles. The molecule has 3 heteroatoms. The molecule has 1 heterocycles. The first kappa shape index (κ1) is 13.5. The van der Waals surface area contributed by atoms with E-state index in [1.165, 1.54) is 19.0 Å². The van der Waals surface area contributed by atoms with Crippen molar-refractivity contribution in [2.45, 2.75) is 39.0 Å². The van der Waals surface area contributed by atoms with E-state index in [1.807, 2.05) is 13.1 Å². The van der Waals surface area contributed by atoms with Crippen molar-refractivity contribution in [3.05, 3.63) is 29.8 Å². The minimum atomic E-state index is -0.152. The quantitative estimate of drug-likeness (QED) is 0.890. The summed E-state index contributed by atoms with van der Waals surface area (Å²) in [4.78, 5) is 3.86. The number of pyridine rings is 1. The van der Waals surface area contributed by atoms with Crippen LogP contribution in [0.5, 0.6) is 0 Å². The molecule has 1 aliphatic rings. The summed E-state index contributed by atoms with van der Waals surface area (Å²) in [6, 6.07) is 1.85. The molecule has 2 atom stereocenters. The number of rotatable bonds is 3. The summed E-state index contributed by atoms with van der Waals surface area (Å²) < 4.78 is 14.0. The molecular formula is C15H23FN2. The second-order valence-electron chi connectivity index (χ2n) is 6.23. The molecule has 2 rings (SSSR count). The molecule has 1 fully saturated rings. The van der Waals surface area contributed by atoms with Crippen LogP contribution in [0.3, 0.4) is 0 Å². The summed E-state index contributed by atoms with van der Waals surface area (Å²) in [6.45, 7) is 5.53. The lowest BCUT2D eigenvalue weighted by molar-refractivity contribution is 0.159. The molecule has 0 radical (unpaired) electrons. The molecule has 0 bridgehead atoms. The minimum Gasteiger partial charge on any atom is -0.319 e. The van der Waals surface area contributed by atoms with Crippen LogP contribution < -0.4 is 5.32 Å². The normalized spacial score (nSPS) is 27.1. The van der Waals surface area contributed by atoms with Crippen molar-refractivity contribution in [1.82, 2.24) is 10.3 Å². The summed E-state index contributed by atoms with van der Waals surface area (Å²) in [5, 5.41) is 3.25. The molecule has 1 aromatic heterocycles. The number of aromatic nitrogens is 1. The zero-order valence-electron chi connectivity index (χ0n) is 11.5. The molecule has 18 heavy (non-hydrogen) atoms. The first-order valence-corrected chi connectivity index (χ1v) is 6.77. The predicted molar refractivity (Wildman–Crippen MR) is 72.0 cm³/mol. The minimum absolute atomic E-state index is 0.152. The van der Waals surface area contributed by atoms with Crippen LogP contribution in [0.25, 0.3) is 0 Å². The van der Waals surface area contributed by atoms with Crippen LogP contribution in [0.15, 0.2) is 18.5 Å². The molecule has 0 spiro atoms. The molecule has 0 aliphatic heterocycles. The van der Waals surface area contributed by atoms with Gasteiger partial charge in [-0.05, 0) is 61.7 Å². The van der Waals surface area contributed by atoms with E-state index in [0.717, 1.165) is 18.5 Å². The van der Waals surface area contributed by atoms with E-state index in [9.17, 15) is 4.39 Å². The van der Waals surface area contributed by atoms with Gasteiger partial charge in [-0.25, -0.2) is 4.39 Å². The van der Waals surface area contributed by atoms with Gasteiger partial charge >= 0.3 is 0 Å². The van der Waals surface area contributed by atoms with Gasteiger partial charge in [0.1, 0.15) is 5.82 Å². The number of hydrogen-bond donors (Lipinski definition) is 1. The molecule has 0 saturated heterocycles. The van der Waals surface area contributed by atoms with Gasteiger partial charge < -0.3 is 5.32 Å². The van der Waals surface area contributed by atoms with Gasteiger partial charge in [0.15, 0.2) is 0 Å². The Bertz CT molecular complexity index is 403. The Labute approximate surface area is 109 Å². The highest BCUT2D eigenvalue weighted by molar-refractivity contribution is 5.20. The molecule has 2 nitrogen and oxygen atoms in total. The smallest absolute Gasteiger partial charge is 0.144 e. The summed E-state index contributed by atoms with van der Waals surface area (Å²) >= 11 is 0. The fourth-order valence-electron chi connectivity index (χ4n) is 3.20. The second kappa shape index (κ2) is 5.35. The highest BCUT2D eigenvalue weighted by Gasteiger charge is 2.36. The van der Waals surface area contributed by atoms with Crippen molar-refractivity contribution in [3.8, 4) is 0 Å². The third kappa shape index (κ3) is 2.89. The number of hydrogen-bond acceptors (Lipinski definition) is 2. The maximum absolute atomic E-state index is 14.0. The monoisotopic (exact) mass is 250 g/mol. The third-order valence-electron chi connectivity index (χ3n) is 4.20. The van der Waals surface area contributed by atoms with Crippen molar-refractivity contribution in [1.29, 1.82) is 0 Å². The first-order chi connectivity index (χ1) is 8.53. The van der Waals surface area contributed by atoms with Crippen LogP contribution in [0.1, 0.15) is 44.6 Å². The van der Waals surface area contributed by atoms with Crippen molar-refractivity contribution in [2.24, 2.45) is 11.3 Å². The maximum atomic E-state index is 14.0. The van der Waals surface area contributed by atoms with Crippen LogP contribution in [0.4, 0.5) is 4.39 Å². The van der Waals surface area contributed by atoms with Crippen molar-refractivity contribution < 1.29 is 4.39 Å². The lowest BCUT2D eigenvalue weighted by Gasteiger charge is -2.41. The SMILES string of the molecule is CNCC1CCC(C)(C)CC1c1ccncc1F. The first-order valence-electron chi connectivity index (χ1n) is 6.77. The Hall–Kier alpha value is -0.960. The van der Waals surface area contributed by atoms with Crippen molar-refractivity contribution in [3.63, 3.8) is 0 Å². The van der Waals surface area contributed by atoms with Gasteiger partial charge in [-0.2, -0.15) is 0 Å². The molecular weight excluding hydrogens is 227 g/mol. The summed E-state index contributed by atoms with van der Waals surface area (Å²) in [6.07, 6.45) is 6.49. The lowest BCUT2D eigenvalue weighted by atomic mass is 9.65. The predicted octanol–water partition coefficient (Wildman–Crippen LogP) is 3.35. The van der Waals surface area contributed by atoms with Gasteiger partial charge in [0.2, 0.25) is 0 Å². The van der Waals surface area contributed by atoms with E-state index >= 15 is 0 Å². The maximum Gasteiger partial charge on any atom is 0.144 e. The summed E-state index contributed by atoms with van der Waals surface area (Å²) in [5.74, 6) is 0.686. The van der Waals surface area contributed by atoms with E-state index in [2.05, 4.69) is 24.1 Å². The fourth-order valence-corrected chi connectivity index (χ4v) is 3.20. The summed E-state index contributed by atoms with van der Waals surface area (Å²) in [7, 11) is 1.97. The highest BCUT2D eigenvalue weighted by Crippen LogP contribution is 2.46. The van der Waals surface area contributed by atoms with E-state index in [0.29, 0.717) is 17.3 Å². The molecule has 0 aromatic carbocycles. The number of nitrogens with one attached hydrogen (secondary N) is 1. The van der Waals surface area contributed by atoms with Crippen LogP contribution in [-0.4, -0.2) is 18.6 Å². The molecule has 1 aromatic rings. The molecule has 1 aliphatic carbocycles. The third-order valence-corrected chi connectivity index (χ3v) is 4.20. The van der Waals surface area contributed by atoms with Gasteiger partial charge in [0.25, 0.3) is 0 Å². The van der Waals surface area contributed by atoms with E-state index in [4.69, 9.17) is 0 Å². The Morgan fingerprint density at radius 1 is 1.50 bits per heavy atom. The van der Waals surface area contributed by atoms with Gasteiger partial charge in [0, 0.05) is 6.20 Å². The van der Waals surface area contributed by atoms with E-state index in [1.54, 1.807) is 6.20 Å². The molecule has 100 valence electrons. The highest BCUT2D eigenvalue weighted by atomic mass is 19.1. The molecule has 0 amide bonds. The lowest BCUT2D eigenvalue weighted by Crippen LogP contribution is -2.34. The van der Waals surface area contributed by atoms with Crippen LogP contribution in [-0.2, 0) is 0 Å². The average molecular weight is 250 g/mol. The topological polar surface area (TPSA) is 24.9 Å². The van der Waals surface area contributed by atoms with Crippen LogP contribution >= 0.6 is 0 Å². The molecule has 1 N–H and O–H groups in total. The Morgan fingerprint density at radius 3 is 2.94 bits per heavy atom. The van der Waals surface area contributed by atoms with Gasteiger partial charge in [-0.15, -0.1) is 0 Å². The standard InChI is InChI=1S/C15H23FN2/c1-15(2)6-4-11(9-17-3)13(8-15)12-5-7-18-10-14(12)16/h5,7,10-11,13,17H,4,6,8-9H2,1-3H3. The number of nitrogens with zero attached hydrogens (tertiary/aromatic N) is 1. The second-order valence-corrected chi connectivity index (χ2v) is 6.23. The Balaban J connectivity index is 2.27. The zero-order chi connectivity index (χ0) is 13.2. The largest absolute Gasteiger partial charge is 0.319 e. The van der Waals surface area contributed by atoms with Gasteiger partial charge in [-0.3, -0.25) is 4.98 Å². The van der Waals surface area contributed by atoms with Crippen molar-refractivity contribution >= 4 is 0 Å². The van der Waals surface area contributed by atoms with E-state index < -0.39 is 0 Å². The zero-order valence-corrected chi connectivity index (χ0v) is 11.5.